The first-order valence-electron chi connectivity index (χ1n) is 7.16. The van der Waals surface area contributed by atoms with Crippen LogP contribution in [0.2, 0.25) is 0 Å². The minimum absolute atomic E-state index is 0.0325. The molecule has 1 aromatic heterocycles. The van der Waals surface area contributed by atoms with Crippen molar-refractivity contribution in [3.8, 4) is 0 Å². The molecule has 22 heavy (non-hydrogen) atoms. The lowest BCUT2D eigenvalue weighted by atomic mass is 10.1. The largest absolute Gasteiger partial charge is 0.390 e. The van der Waals surface area contributed by atoms with E-state index in [2.05, 4.69) is 10.3 Å². The third-order valence-electron chi connectivity index (χ3n) is 3.51. The van der Waals surface area contributed by atoms with Crippen LogP contribution in [0.25, 0.3) is 0 Å². The molecule has 118 valence electrons. The molecule has 0 bridgehead atoms. The molecule has 0 saturated carbocycles. The quantitative estimate of drug-likeness (QED) is 0.802. The number of nitrogens with zero attached hydrogens (tertiary/aromatic N) is 2. The number of aliphatic hydroxyl groups is 1. The zero-order valence-corrected chi connectivity index (χ0v) is 13.8. The lowest BCUT2D eigenvalue weighted by Crippen LogP contribution is -2.33. The molecule has 2 aromatic rings. The Labute approximate surface area is 134 Å². The standard InChI is InChI=1S/C16H21N3O2S/c1-11(13-7-5-4-6-8-13)18-15(21)12(2)22-16-17-9-14(10-20)19(16)3/h4-9,11-12,20H,10H2,1-3H3,(H,18,21)/t11-,12+/m1/s1. The average Bonchev–Trinajstić information content (AvgIpc) is 2.88. The monoisotopic (exact) mass is 319 g/mol. The fraction of sp³-hybridized carbons (Fsp3) is 0.375. The number of amides is 1. The predicted octanol–water partition coefficient (Wildman–Crippen LogP) is 2.27. The molecule has 1 amide bonds. The first kappa shape index (κ1) is 16.6. The second kappa shape index (κ2) is 7.47. The molecule has 0 aliphatic carbocycles. The Kier molecular flexibility index (Phi) is 5.63. The number of imidazole rings is 1. The van der Waals surface area contributed by atoms with Gasteiger partial charge in [-0.3, -0.25) is 4.79 Å². The van der Waals surface area contributed by atoms with Crippen molar-refractivity contribution in [2.75, 3.05) is 0 Å². The van der Waals surface area contributed by atoms with Gasteiger partial charge in [0, 0.05) is 7.05 Å². The Hall–Kier alpha value is -1.79. The topological polar surface area (TPSA) is 67.2 Å². The van der Waals surface area contributed by atoms with E-state index in [4.69, 9.17) is 0 Å². The molecule has 1 heterocycles. The molecule has 1 aromatic carbocycles. The van der Waals surface area contributed by atoms with Gasteiger partial charge in [0.1, 0.15) is 0 Å². The number of thioether (sulfide) groups is 1. The van der Waals surface area contributed by atoms with Gasteiger partial charge in [-0.15, -0.1) is 0 Å². The smallest absolute Gasteiger partial charge is 0.233 e. The number of hydrogen-bond acceptors (Lipinski definition) is 4. The molecule has 6 heteroatoms. The van der Waals surface area contributed by atoms with Crippen molar-refractivity contribution in [2.45, 2.75) is 36.9 Å². The molecule has 0 fully saturated rings. The maximum Gasteiger partial charge on any atom is 0.233 e. The summed E-state index contributed by atoms with van der Waals surface area (Å²) in [6, 6.07) is 9.83. The van der Waals surface area contributed by atoms with Crippen LogP contribution in [-0.2, 0) is 18.4 Å². The van der Waals surface area contributed by atoms with Crippen molar-refractivity contribution in [1.29, 1.82) is 0 Å². The Bertz CT molecular complexity index is 628. The number of carbonyl (C=O) groups is 1. The highest BCUT2D eigenvalue weighted by molar-refractivity contribution is 8.00. The molecule has 2 N–H and O–H groups in total. The first-order valence-corrected chi connectivity index (χ1v) is 8.04. The molecule has 0 radical (unpaired) electrons. The van der Waals surface area contributed by atoms with E-state index in [0.717, 1.165) is 16.4 Å². The minimum Gasteiger partial charge on any atom is -0.390 e. The van der Waals surface area contributed by atoms with Crippen LogP contribution in [0.4, 0.5) is 0 Å². The van der Waals surface area contributed by atoms with Crippen molar-refractivity contribution in [2.24, 2.45) is 7.05 Å². The third-order valence-corrected chi connectivity index (χ3v) is 4.67. The second-order valence-electron chi connectivity index (χ2n) is 5.15. The van der Waals surface area contributed by atoms with E-state index >= 15 is 0 Å². The van der Waals surface area contributed by atoms with Gasteiger partial charge >= 0.3 is 0 Å². The van der Waals surface area contributed by atoms with E-state index in [1.165, 1.54) is 11.8 Å². The molecular weight excluding hydrogens is 298 g/mol. The van der Waals surface area contributed by atoms with Gasteiger partial charge in [-0.25, -0.2) is 4.98 Å². The molecule has 0 unspecified atom stereocenters. The van der Waals surface area contributed by atoms with Gasteiger partial charge in [-0.05, 0) is 19.4 Å². The summed E-state index contributed by atoms with van der Waals surface area (Å²) in [6.07, 6.45) is 1.62. The fourth-order valence-corrected chi connectivity index (χ4v) is 2.93. The van der Waals surface area contributed by atoms with Crippen molar-refractivity contribution >= 4 is 17.7 Å². The summed E-state index contributed by atoms with van der Waals surface area (Å²) in [7, 11) is 1.83. The summed E-state index contributed by atoms with van der Waals surface area (Å²) in [4.78, 5) is 16.5. The molecule has 0 spiro atoms. The third kappa shape index (κ3) is 3.90. The molecule has 2 atom stereocenters. The summed E-state index contributed by atoms with van der Waals surface area (Å²) < 4.78 is 1.80. The highest BCUT2D eigenvalue weighted by Gasteiger charge is 2.19. The maximum absolute atomic E-state index is 12.3. The van der Waals surface area contributed by atoms with Gasteiger partial charge in [0.15, 0.2) is 5.16 Å². The minimum atomic E-state index is -0.265. The van der Waals surface area contributed by atoms with Crippen molar-refractivity contribution in [3.05, 3.63) is 47.8 Å². The van der Waals surface area contributed by atoms with Crippen molar-refractivity contribution in [3.63, 3.8) is 0 Å². The average molecular weight is 319 g/mol. The zero-order valence-electron chi connectivity index (χ0n) is 13.0. The lowest BCUT2D eigenvalue weighted by molar-refractivity contribution is -0.120. The number of hydrogen-bond donors (Lipinski definition) is 2. The SMILES string of the molecule is C[C@H](Sc1ncc(CO)n1C)C(=O)N[C@H](C)c1ccccc1. The molecule has 0 aliphatic heterocycles. The lowest BCUT2D eigenvalue weighted by Gasteiger charge is -2.17. The summed E-state index contributed by atoms with van der Waals surface area (Å²) in [5, 5.41) is 12.6. The van der Waals surface area contributed by atoms with E-state index in [9.17, 15) is 9.90 Å². The van der Waals surface area contributed by atoms with E-state index in [1.54, 1.807) is 10.8 Å². The number of benzene rings is 1. The molecule has 2 rings (SSSR count). The molecule has 0 aliphatic rings. The van der Waals surface area contributed by atoms with E-state index in [-0.39, 0.29) is 23.8 Å². The Morgan fingerprint density at radius 2 is 2.05 bits per heavy atom. The maximum atomic E-state index is 12.3. The molecule has 0 saturated heterocycles. The predicted molar refractivity (Wildman–Crippen MR) is 87.4 cm³/mol. The first-order chi connectivity index (χ1) is 10.5. The van der Waals surface area contributed by atoms with Gasteiger partial charge in [0.05, 0.1) is 29.8 Å². The highest BCUT2D eigenvalue weighted by Crippen LogP contribution is 2.23. The van der Waals surface area contributed by atoms with Gasteiger partial charge in [0.25, 0.3) is 0 Å². The Morgan fingerprint density at radius 3 is 2.64 bits per heavy atom. The van der Waals surface area contributed by atoms with Gasteiger partial charge < -0.3 is 15.0 Å². The number of aromatic nitrogens is 2. The van der Waals surface area contributed by atoms with E-state index < -0.39 is 0 Å². The Morgan fingerprint density at radius 1 is 1.36 bits per heavy atom. The number of nitrogens with one attached hydrogen (secondary N) is 1. The summed E-state index contributed by atoms with van der Waals surface area (Å²) >= 11 is 1.38. The van der Waals surface area contributed by atoms with Crippen molar-refractivity contribution < 1.29 is 9.90 Å². The van der Waals surface area contributed by atoms with Crippen molar-refractivity contribution in [1.82, 2.24) is 14.9 Å². The molecular formula is C16H21N3O2S. The van der Waals surface area contributed by atoms with Crippen LogP contribution < -0.4 is 5.32 Å². The summed E-state index contributed by atoms with van der Waals surface area (Å²) in [5.41, 5.74) is 1.81. The van der Waals surface area contributed by atoms with Crippen LogP contribution in [0.3, 0.4) is 0 Å². The number of carbonyl (C=O) groups excluding carboxylic acids is 1. The number of rotatable bonds is 6. The van der Waals surface area contributed by atoms with Crippen LogP contribution in [0.1, 0.15) is 31.1 Å². The summed E-state index contributed by atoms with van der Waals surface area (Å²) in [5.74, 6) is -0.0325. The van der Waals surface area contributed by atoms with Crippen LogP contribution in [0.15, 0.2) is 41.7 Å². The van der Waals surface area contributed by atoms with Crippen LogP contribution in [-0.4, -0.2) is 25.8 Å². The van der Waals surface area contributed by atoms with Gasteiger partial charge in [-0.1, -0.05) is 42.1 Å². The van der Waals surface area contributed by atoms with Crippen LogP contribution >= 0.6 is 11.8 Å². The number of aliphatic hydroxyl groups excluding tert-OH is 1. The van der Waals surface area contributed by atoms with E-state index in [0.29, 0.717) is 0 Å². The molecule has 5 nitrogen and oxygen atoms in total. The van der Waals surface area contributed by atoms with Gasteiger partial charge in [-0.2, -0.15) is 0 Å². The Balaban J connectivity index is 1.96. The fourth-order valence-electron chi connectivity index (χ4n) is 2.05. The van der Waals surface area contributed by atoms with E-state index in [1.807, 2.05) is 51.2 Å². The normalized spacial score (nSPS) is 13.6. The zero-order chi connectivity index (χ0) is 16.1. The second-order valence-corrected chi connectivity index (χ2v) is 6.46. The van der Waals surface area contributed by atoms with Crippen LogP contribution in [0, 0.1) is 0 Å². The highest BCUT2D eigenvalue weighted by atomic mass is 32.2. The summed E-state index contributed by atoms with van der Waals surface area (Å²) in [6.45, 7) is 3.76. The van der Waals surface area contributed by atoms with Gasteiger partial charge in [0.2, 0.25) is 5.91 Å². The van der Waals surface area contributed by atoms with Crippen LogP contribution in [0.5, 0.6) is 0 Å².